The molecule has 1 aromatic carbocycles. The van der Waals surface area contributed by atoms with Crippen molar-refractivity contribution in [2.24, 2.45) is 5.92 Å². The van der Waals surface area contributed by atoms with Crippen LogP contribution in [0.25, 0.3) is 0 Å². The van der Waals surface area contributed by atoms with Crippen LogP contribution in [0.15, 0.2) is 22.7 Å². The number of halogens is 2. The van der Waals surface area contributed by atoms with E-state index >= 15 is 0 Å². The van der Waals surface area contributed by atoms with E-state index in [2.05, 4.69) is 29.8 Å². The molecule has 18 heavy (non-hydrogen) atoms. The maximum atomic E-state index is 13.4. The van der Waals surface area contributed by atoms with Gasteiger partial charge in [0.1, 0.15) is 5.82 Å². The molecule has 0 aliphatic heterocycles. The molecule has 1 unspecified atom stereocenters. The van der Waals surface area contributed by atoms with Gasteiger partial charge < -0.3 is 4.90 Å². The van der Waals surface area contributed by atoms with Gasteiger partial charge in [-0.3, -0.25) is 4.79 Å². The fourth-order valence-electron chi connectivity index (χ4n) is 1.70. The summed E-state index contributed by atoms with van der Waals surface area (Å²) in [4.78, 5) is 14.1. The molecule has 1 atom stereocenters. The molecule has 0 aromatic heterocycles. The predicted molar refractivity (Wildman–Crippen MR) is 75.1 cm³/mol. The van der Waals surface area contributed by atoms with Crippen LogP contribution in [0.4, 0.5) is 4.39 Å². The zero-order valence-corrected chi connectivity index (χ0v) is 12.6. The molecule has 1 amide bonds. The van der Waals surface area contributed by atoms with E-state index in [-0.39, 0.29) is 10.4 Å². The summed E-state index contributed by atoms with van der Waals surface area (Å²) in [5.74, 6) is -0.0779. The van der Waals surface area contributed by atoms with Crippen molar-refractivity contribution < 1.29 is 9.18 Å². The lowest BCUT2D eigenvalue weighted by atomic mass is 10.1. The first kappa shape index (κ1) is 15.2. The van der Waals surface area contributed by atoms with Crippen molar-refractivity contribution in [2.75, 3.05) is 13.1 Å². The molecule has 0 fully saturated rings. The van der Waals surface area contributed by atoms with Crippen LogP contribution in [0.1, 0.15) is 37.6 Å². The van der Waals surface area contributed by atoms with Gasteiger partial charge in [0, 0.05) is 13.1 Å². The molecule has 0 heterocycles. The predicted octanol–water partition coefficient (Wildman–Crippen LogP) is 4.10. The molecule has 0 aliphatic rings. The first-order valence-corrected chi connectivity index (χ1v) is 7.03. The van der Waals surface area contributed by atoms with Crippen LogP contribution in [-0.2, 0) is 0 Å². The average molecular weight is 316 g/mol. The smallest absolute Gasteiger partial charge is 0.255 e. The van der Waals surface area contributed by atoms with Gasteiger partial charge >= 0.3 is 0 Å². The van der Waals surface area contributed by atoms with Gasteiger partial charge in [-0.2, -0.15) is 0 Å². The molecule has 0 saturated carbocycles. The topological polar surface area (TPSA) is 20.3 Å². The van der Waals surface area contributed by atoms with Crippen LogP contribution >= 0.6 is 15.9 Å². The number of nitrogens with zero attached hydrogens (tertiary/aromatic N) is 1. The lowest BCUT2D eigenvalue weighted by Gasteiger charge is -2.24. The Hall–Kier alpha value is -0.900. The molecular formula is C14H19BrFNO. The summed E-state index contributed by atoms with van der Waals surface area (Å²) >= 11 is 3.14. The van der Waals surface area contributed by atoms with Gasteiger partial charge in [-0.15, -0.1) is 0 Å². The van der Waals surface area contributed by atoms with Crippen molar-refractivity contribution in [3.8, 4) is 0 Å². The molecule has 0 saturated heterocycles. The molecule has 1 rings (SSSR count). The van der Waals surface area contributed by atoms with Crippen molar-refractivity contribution in [3.63, 3.8) is 0 Å². The van der Waals surface area contributed by atoms with Crippen molar-refractivity contribution in [3.05, 3.63) is 34.1 Å². The monoisotopic (exact) mass is 315 g/mol. The van der Waals surface area contributed by atoms with Gasteiger partial charge in [0.2, 0.25) is 0 Å². The van der Waals surface area contributed by atoms with Crippen molar-refractivity contribution in [2.45, 2.75) is 27.2 Å². The molecule has 4 heteroatoms. The number of hydrogen-bond donors (Lipinski definition) is 0. The number of carbonyl (C=O) groups is 1. The Morgan fingerprint density at radius 2 is 2.11 bits per heavy atom. The maximum Gasteiger partial charge on any atom is 0.255 e. The Bertz CT molecular complexity index is 422. The minimum Gasteiger partial charge on any atom is -0.339 e. The summed E-state index contributed by atoms with van der Waals surface area (Å²) in [6.45, 7) is 7.48. The van der Waals surface area contributed by atoms with Gasteiger partial charge in [-0.1, -0.05) is 26.3 Å². The zero-order chi connectivity index (χ0) is 13.7. The van der Waals surface area contributed by atoms with E-state index in [1.807, 2.05) is 6.92 Å². The molecule has 0 spiro atoms. The highest BCUT2D eigenvalue weighted by Gasteiger charge is 2.19. The fraction of sp³-hybridized carbons (Fsp3) is 0.500. The fourth-order valence-corrected chi connectivity index (χ4v) is 2.13. The summed E-state index contributed by atoms with van der Waals surface area (Å²) in [5, 5.41) is 0. The summed E-state index contributed by atoms with van der Waals surface area (Å²) in [7, 11) is 0. The van der Waals surface area contributed by atoms with E-state index in [0.29, 0.717) is 24.6 Å². The minimum atomic E-state index is -0.402. The molecule has 0 radical (unpaired) electrons. The van der Waals surface area contributed by atoms with E-state index in [1.54, 1.807) is 17.0 Å². The quantitative estimate of drug-likeness (QED) is 0.801. The van der Waals surface area contributed by atoms with Crippen LogP contribution in [0, 0.1) is 11.7 Å². The second-order valence-corrected chi connectivity index (χ2v) is 5.25. The Kier molecular flexibility index (Phi) is 5.79. The Morgan fingerprint density at radius 1 is 1.44 bits per heavy atom. The molecular weight excluding hydrogens is 297 g/mol. The van der Waals surface area contributed by atoms with Crippen LogP contribution in [-0.4, -0.2) is 23.9 Å². The van der Waals surface area contributed by atoms with Crippen molar-refractivity contribution in [1.29, 1.82) is 0 Å². The summed E-state index contributed by atoms with van der Waals surface area (Å²) in [6.07, 6.45) is 1.02. The van der Waals surface area contributed by atoms with Gasteiger partial charge in [0.25, 0.3) is 5.91 Å². The Balaban J connectivity index is 2.93. The number of rotatable bonds is 5. The van der Waals surface area contributed by atoms with Gasteiger partial charge in [0.15, 0.2) is 0 Å². The highest BCUT2D eigenvalue weighted by molar-refractivity contribution is 9.10. The largest absolute Gasteiger partial charge is 0.339 e. The highest BCUT2D eigenvalue weighted by atomic mass is 79.9. The van der Waals surface area contributed by atoms with Gasteiger partial charge in [-0.25, -0.2) is 4.39 Å². The minimum absolute atomic E-state index is 0.121. The summed E-state index contributed by atoms with van der Waals surface area (Å²) < 4.78 is 13.7. The maximum absolute atomic E-state index is 13.4. The SMILES string of the molecule is CCC(C)CN(CC)C(=O)c1cccc(F)c1Br. The third-order valence-electron chi connectivity index (χ3n) is 3.08. The normalized spacial score (nSPS) is 12.3. The number of amides is 1. The number of carbonyl (C=O) groups excluding carboxylic acids is 1. The van der Waals surface area contributed by atoms with E-state index in [1.165, 1.54) is 6.07 Å². The molecule has 0 N–H and O–H groups in total. The second kappa shape index (κ2) is 6.88. The van der Waals surface area contributed by atoms with Crippen molar-refractivity contribution in [1.82, 2.24) is 4.90 Å². The third-order valence-corrected chi connectivity index (χ3v) is 3.89. The van der Waals surface area contributed by atoms with Gasteiger partial charge in [-0.05, 0) is 40.9 Å². The lowest BCUT2D eigenvalue weighted by molar-refractivity contribution is 0.0739. The number of benzene rings is 1. The van der Waals surface area contributed by atoms with Crippen LogP contribution in [0.3, 0.4) is 0 Å². The molecule has 0 aliphatic carbocycles. The van der Waals surface area contributed by atoms with E-state index in [0.717, 1.165) is 6.42 Å². The number of hydrogen-bond acceptors (Lipinski definition) is 1. The van der Waals surface area contributed by atoms with Crippen LogP contribution in [0.2, 0.25) is 0 Å². The molecule has 0 bridgehead atoms. The lowest BCUT2D eigenvalue weighted by Crippen LogP contribution is -2.34. The molecule has 100 valence electrons. The first-order valence-electron chi connectivity index (χ1n) is 6.24. The first-order chi connectivity index (χ1) is 8.51. The Morgan fingerprint density at radius 3 is 2.67 bits per heavy atom. The van der Waals surface area contributed by atoms with Crippen molar-refractivity contribution >= 4 is 21.8 Å². The van der Waals surface area contributed by atoms with Crippen LogP contribution < -0.4 is 0 Å². The summed E-state index contributed by atoms with van der Waals surface area (Å²) in [5.41, 5.74) is 0.389. The standard InChI is InChI=1S/C14H19BrFNO/c1-4-10(3)9-17(5-2)14(18)11-7-6-8-12(16)13(11)15/h6-8,10H,4-5,9H2,1-3H3. The van der Waals surface area contributed by atoms with E-state index in [4.69, 9.17) is 0 Å². The highest BCUT2D eigenvalue weighted by Crippen LogP contribution is 2.22. The van der Waals surface area contributed by atoms with Gasteiger partial charge in [0.05, 0.1) is 10.0 Å². The third kappa shape index (κ3) is 3.55. The average Bonchev–Trinajstić information content (AvgIpc) is 2.38. The van der Waals surface area contributed by atoms with E-state index in [9.17, 15) is 9.18 Å². The van der Waals surface area contributed by atoms with Crippen LogP contribution in [0.5, 0.6) is 0 Å². The second-order valence-electron chi connectivity index (χ2n) is 4.46. The molecule has 1 aromatic rings. The molecule has 2 nitrogen and oxygen atoms in total. The van der Waals surface area contributed by atoms with E-state index < -0.39 is 5.82 Å². The zero-order valence-electron chi connectivity index (χ0n) is 11.0. The summed E-state index contributed by atoms with van der Waals surface area (Å²) in [6, 6.07) is 4.55. The Labute approximate surface area is 116 Å².